The van der Waals surface area contributed by atoms with E-state index in [-0.39, 0.29) is 18.2 Å². The highest BCUT2D eigenvalue weighted by Gasteiger charge is 2.31. The predicted molar refractivity (Wildman–Crippen MR) is 59.8 cm³/mol. The van der Waals surface area contributed by atoms with Crippen LogP contribution < -0.4 is 5.73 Å². The van der Waals surface area contributed by atoms with Crippen molar-refractivity contribution >= 4 is 11.9 Å². The molecule has 0 unspecified atom stereocenters. The molecule has 0 spiro atoms. The Kier molecular flexibility index (Phi) is 3.91. The van der Waals surface area contributed by atoms with Crippen LogP contribution in [-0.4, -0.2) is 40.5 Å². The lowest BCUT2D eigenvalue weighted by Gasteiger charge is -2.35. The zero-order valence-corrected chi connectivity index (χ0v) is 9.90. The van der Waals surface area contributed by atoms with Crippen molar-refractivity contribution in [2.45, 2.75) is 38.6 Å². The molecule has 92 valence electrons. The summed E-state index contributed by atoms with van der Waals surface area (Å²) in [6, 6.07) is 0. The van der Waals surface area contributed by atoms with Crippen LogP contribution in [-0.2, 0) is 9.59 Å². The first-order valence-corrected chi connectivity index (χ1v) is 5.60. The van der Waals surface area contributed by atoms with Gasteiger partial charge in [-0.25, -0.2) is 0 Å². The molecule has 1 saturated heterocycles. The van der Waals surface area contributed by atoms with Crippen molar-refractivity contribution in [1.82, 2.24) is 4.90 Å². The second-order valence-corrected chi connectivity index (χ2v) is 5.06. The number of hydrogen-bond acceptors (Lipinski definition) is 3. The van der Waals surface area contributed by atoms with Gasteiger partial charge in [0.1, 0.15) is 0 Å². The lowest BCUT2D eigenvalue weighted by Crippen LogP contribution is -2.53. The fraction of sp³-hybridized carbons (Fsp3) is 0.818. The third kappa shape index (κ3) is 3.48. The largest absolute Gasteiger partial charge is 0.481 e. The van der Waals surface area contributed by atoms with Crippen molar-refractivity contribution in [3.8, 4) is 0 Å². The predicted octanol–water partition coefficient (Wildman–Crippen LogP) is 0.437. The zero-order chi connectivity index (χ0) is 12.3. The molecular formula is C11H20N2O3. The van der Waals surface area contributed by atoms with E-state index in [4.69, 9.17) is 10.8 Å². The molecule has 16 heavy (non-hydrogen) atoms. The molecule has 3 N–H and O–H groups in total. The molecular weight excluding hydrogens is 208 g/mol. The van der Waals surface area contributed by atoms with Crippen molar-refractivity contribution in [2.75, 3.05) is 13.1 Å². The topological polar surface area (TPSA) is 83.6 Å². The number of hydrogen-bond donors (Lipinski definition) is 2. The minimum atomic E-state index is -0.834. The van der Waals surface area contributed by atoms with Crippen LogP contribution in [0.1, 0.15) is 33.1 Å². The van der Waals surface area contributed by atoms with E-state index in [0.29, 0.717) is 13.1 Å². The average molecular weight is 228 g/mol. The van der Waals surface area contributed by atoms with Crippen LogP contribution in [0.25, 0.3) is 0 Å². The van der Waals surface area contributed by atoms with Crippen LogP contribution in [0, 0.1) is 5.92 Å². The van der Waals surface area contributed by atoms with E-state index >= 15 is 0 Å². The summed E-state index contributed by atoms with van der Waals surface area (Å²) in [5, 5.41) is 8.67. The summed E-state index contributed by atoms with van der Waals surface area (Å²) in [6.07, 6.45) is 1.72. The second-order valence-electron chi connectivity index (χ2n) is 5.06. The number of carboxylic acids is 1. The van der Waals surface area contributed by atoms with E-state index in [1.165, 1.54) is 0 Å². The Morgan fingerprint density at radius 3 is 2.25 bits per heavy atom. The molecule has 1 heterocycles. The molecule has 1 fully saturated rings. The maximum absolute atomic E-state index is 11.8. The van der Waals surface area contributed by atoms with Crippen LogP contribution in [0.4, 0.5) is 0 Å². The van der Waals surface area contributed by atoms with E-state index in [2.05, 4.69) is 0 Å². The second kappa shape index (κ2) is 4.82. The molecule has 5 heteroatoms. The van der Waals surface area contributed by atoms with Crippen molar-refractivity contribution in [3.63, 3.8) is 0 Å². The Hall–Kier alpha value is -1.10. The van der Waals surface area contributed by atoms with Gasteiger partial charge >= 0.3 is 5.97 Å². The molecule has 0 radical (unpaired) electrons. The molecule has 0 aliphatic carbocycles. The fourth-order valence-electron chi connectivity index (χ4n) is 1.99. The number of carbonyl (C=O) groups is 2. The van der Waals surface area contributed by atoms with Gasteiger partial charge in [-0.3, -0.25) is 9.59 Å². The van der Waals surface area contributed by atoms with E-state index in [1.807, 2.05) is 0 Å². The first-order chi connectivity index (χ1) is 7.30. The molecule has 0 aromatic heterocycles. The Morgan fingerprint density at radius 2 is 1.88 bits per heavy atom. The molecule has 1 aliphatic rings. The normalized spacial score (nSPS) is 18.6. The summed E-state index contributed by atoms with van der Waals surface area (Å²) in [7, 11) is 0. The van der Waals surface area contributed by atoms with Crippen LogP contribution in [0.15, 0.2) is 0 Å². The van der Waals surface area contributed by atoms with Gasteiger partial charge in [0, 0.05) is 19.5 Å². The number of amides is 1. The molecule has 5 nitrogen and oxygen atoms in total. The average Bonchev–Trinajstić information content (AvgIpc) is 2.15. The SMILES string of the molecule is CC(C)(N)C(=O)N1CCC(CC(=O)O)CC1. The van der Waals surface area contributed by atoms with Crippen molar-refractivity contribution in [3.05, 3.63) is 0 Å². The maximum Gasteiger partial charge on any atom is 0.303 e. The molecule has 1 amide bonds. The Labute approximate surface area is 95.6 Å². The van der Waals surface area contributed by atoms with Gasteiger partial charge in [-0.2, -0.15) is 0 Å². The van der Waals surface area contributed by atoms with Gasteiger partial charge in [0.25, 0.3) is 0 Å². The fourth-order valence-corrected chi connectivity index (χ4v) is 1.99. The number of piperidine rings is 1. The first-order valence-electron chi connectivity index (χ1n) is 5.60. The smallest absolute Gasteiger partial charge is 0.303 e. The standard InChI is InChI=1S/C11H20N2O3/c1-11(2,12)10(16)13-5-3-8(4-6-13)7-9(14)15/h8H,3-7,12H2,1-2H3,(H,14,15). The first kappa shape index (κ1) is 13.0. The number of carboxylic acid groups (broad SMARTS) is 1. The minimum absolute atomic E-state index is 0.0544. The van der Waals surface area contributed by atoms with E-state index in [1.54, 1.807) is 18.7 Å². The van der Waals surface area contributed by atoms with Crippen molar-refractivity contribution < 1.29 is 14.7 Å². The number of aliphatic carboxylic acids is 1. The maximum atomic E-state index is 11.8. The number of nitrogens with two attached hydrogens (primary N) is 1. The monoisotopic (exact) mass is 228 g/mol. The summed E-state index contributed by atoms with van der Waals surface area (Å²) in [5.41, 5.74) is 4.91. The Balaban J connectivity index is 2.43. The summed E-state index contributed by atoms with van der Waals surface area (Å²) >= 11 is 0. The van der Waals surface area contributed by atoms with Crippen LogP contribution in [0.3, 0.4) is 0 Å². The minimum Gasteiger partial charge on any atom is -0.481 e. The van der Waals surface area contributed by atoms with E-state index in [9.17, 15) is 9.59 Å². The van der Waals surface area contributed by atoms with Gasteiger partial charge in [-0.15, -0.1) is 0 Å². The van der Waals surface area contributed by atoms with Gasteiger partial charge in [0.2, 0.25) is 5.91 Å². The molecule has 0 atom stereocenters. The summed E-state index contributed by atoms with van der Waals surface area (Å²) in [4.78, 5) is 24.1. The molecule has 0 saturated carbocycles. The number of carbonyl (C=O) groups excluding carboxylic acids is 1. The highest BCUT2D eigenvalue weighted by atomic mass is 16.4. The lowest BCUT2D eigenvalue weighted by molar-refractivity contribution is -0.139. The zero-order valence-electron chi connectivity index (χ0n) is 9.90. The summed E-state index contributed by atoms with van der Waals surface area (Å²) in [5.74, 6) is -0.618. The third-order valence-electron chi connectivity index (χ3n) is 2.92. The van der Waals surface area contributed by atoms with Gasteiger partial charge in [0.05, 0.1) is 5.54 Å². The molecule has 0 bridgehead atoms. The summed E-state index contributed by atoms with van der Waals surface area (Å²) in [6.45, 7) is 4.63. The molecule has 0 aromatic rings. The highest BCUT2D eigenvalue weighted by molar-refractivity contribution is 5.85. The number of nitrogens with zero attached hydrogens (tertiary/aromatic N) is 1. The van der Waals surface area contributed by atoms with Crippen molar-refractivity contribution in [1.29, 1.82) is 0 Å². The van der Waals surface area contributed by atoms with E-state index < -0.39 is 11.5 Å². The van der Waals surface area contributed by atoms with Crippen LogP contribution in [0.2, 0.25) is 0 Å². The molecule has 1 aliphatic heterocycles. The van der Waals surface area contributed by atoms with Crippen LogP contribution in [0.5, 0.6) is 0 Å². The van der Waals surface area contributed by atoms with E-state index in [0.717, 1.165) is 12.8 Å². The van der Waals surface area contributed by atoms with Gasteiger partial charge in [-0.05, 0) is 32.6 Å². The lowest BCUT2D eigenvalue weighted by atomic mass is 9.92. The van der Waals surface area contributed by atoms with Crippen LogP contribution >= 0.6 is 0 Å². The Morgan fingerprint density at radius 1 is 1.38 bits per heavy atom. The van der Waals surface area contributed by atoms with Gasteiger partial charge in [-0.1, -0.05) is 0 Å². The summed E-state index contributed by atoms with van der Waals surface area (Å²) < 4.78 is 0. The number of rotatable bonds is 3. The Bertz CT molecular complexity index is 275. The van der Waals surface area contributed by atoms with Crippen molar-refractivity contribution in [2.24, 2.45) is 11.7 Å². The number of likely N-dealkylation sites (tertiary alicyclic amines) is 1. The molecule has 1 rings (SSSR count). The van der Waals surface area contributed by atoms with Gasteiger partial charge in [0.15, 0.2) is 0 Å². The molecule has 0 aromatic carbocycles. The third-order valence-corrected chi connectivity index (χ3v) is 2.92. The van der Waals surface area contributed by atoms with Gasteiger partial charge < -0.3 is 15.7 Å². The quantitative estimate of drug-likeness (QED) is 0.734. The highest BCUT2D eigenvalue weighted by Crippen LogP contribution is 2.21.